The number of pyridine rings is 3. The highest BCUT2D eigenvalue weighted by molar-refractivity contribution is 5.26. The molecule has 0 unspecified atom stereocenters. The Morgan fingerprint density at radius 3 is 1.34 bits per heavy atom. The van der Waals surface area contributed by atoms with Gasteiger partial charge in [0.15, 0.2) is 0 Å². The maximum atomic E-state index is 12.8. The van der Waals surface area contributed by atoms with E-state index in [9.17, 15) is 8.78 Å². The van der Waals surface area contributed by atoms with Gasteiger partial charge in [0.1, 0.15) is 5.69 Å². The van der Waals surface area contributed by atoms with Gasteiger partial charge in [0.25, 0.3) is 5.92 Å². The third-order valence-electron chi connectivity index (χ3n) is 5.67. The molecule has 0 aromatic carbocycles. The van der Waals surface area contributed by atoms with Crippen molar-refractivity contribution in [3.63, 3.8) is 0 Å². The second kappa shape index (κ2) is 14.5. The van der Waals surface area contributed by atoms with E-state index in [-0.39, 0.29) is 36.8 Å². The molecular formula is C33H53F2N3. The molecule has 38 heavy (non-hydrogen) atoms. The summed E-state index contributed by atoms with van der Waals surface area (Å²) in [5.74, 6) is -2.85. The summed E-state index contributed by atoms with van der Waals surface area (Å²) in [5, 5.41) is 0. The lowest BCUT2D eigenvalue weighted by Gasteiger charge is -2.20. The Hall–Kier alpha value is -2.69. The Balaban J connectivity index is 0. The molecule has 0 atom stereocenters. The van der Waals surface area contributed by atoms with Crippen LogP contribution in [0, 0.1) is 13.8 Å². The molecule has 0 N–H and O–H groups in total. The first-order valence-electron chi connectivity index (χ1n) is 12.4. The van der Waals surface area contributed by atoms with Crippen LogP contribution in [0.25, 0.3) is 0 Å². The molecule has 214 valence electrons. The summed E-state index contributed by atoms with van der Waals surface area (Å²) in [4.78, 5) is 12.3. The van der Waals surface area contributed by atoms with E-state index in [0.29, 0.717) is 0 Å². The number of hydrogen-bond acceptors (Lipinski definition) is 3. The standard InChI is InChI=1S/C11H15F2N.2C10H15N.2CH4/c1-10(2,3)8-5-6-9(14-7-8)11(4,12)13;1-8-5-6-9(7-11-8)10(2,3)4;1-8-9(10(2,3)4)6-5-7-11-8;;/h5-7H,1-4H3;2*5-7H,1-4H3;2*1H4. The van der Waals surface area contributed by atoms with Gasteiger partial charge in [-0.25, -0.2) is 0 Å². The molecule has 3 heterocycles. The van der Waals surface area contributed by atoms with Crippen LogP contribution < -0.4 is 0 Å². The van der Waals surface area contributed by atoms with E-state index < -0.39 is 5.92 Å². The molecule has 0 aliphatic carbocycles. The van der Waals surface area contributed by atoms with Gasteiger partial charge in [0.05, 0.1) is 0 Å². The van der Waals surface area contributed by atoms with Crippen molar-refractivity contribution in [3.8, 4) is 0 Å². The highest BCUT2D eigenvalue weighted by Gasteiger charge is 2.26. The number of alkyl halides is 2. The van der Waals surface area contributed by atoms with Crippen LogP contribution in [0.1, 0.15) is 118 Å². The second-order valence-electron chi connectivity index (χ2n) is 12.4. The summed E-state index contributed by atoms with van der Waals surface area (Å²) >= 11 is 0. The van der Waals surface area contributed by atoms with Crippen LogP contribution in [-0.2, 0) is 22.2 Å². The normalized spacial score (nSPS) is 11.5. The lowest BCUT2D eigenvalue weighted by molar-refractivity contribution is 0.0127. The van der Waals surface area contributed by atoms with Crippen molar-refractivity contribution in [2.45, 2.75) is 120 Å². The van der Waals surface area contributed by atoms with Gasteiger partial charge in [-0.2, -0.15) is 8.78 Å². The van der Waals surface area contributed by atoms with Crippen molar-refractivity contribution in [1.82, 2.24) is 15.0 Å². The molecule has 0 radical (unpaired) electrons. The zero-order valence-electron chi connectivity index (χ0n) is 24.3. The van der Waals surface area contributed by atoms with Crippen LogP contribution in [0.2, 0.25) is 0 Å². The van der Waals surface area contributed by atoms with Crippen molar-refractivity contribution in [2.75, 3.05) is 0 Å². The van der Waals surface area contributed by atoms with Gasteiger partial charge in [-0.15, -0.1) is 0 Å². The molecule has 0 saturated carbocycles. The number of nitrogens with zero attached hydrogens (tertiary/aromatic N) is 3. The van der Waals surface area contributed by atoms with Crippen molar-refractivity contribution in [3.05, 3.63) is 88.8 Å². The Labute approximate surface area is 232 Å². The first-order chi connectivity index (χ1) is 16.2. The van der Waals surface area contributed by atoms with E-state index in [1.165, 1.54) is 23.4 Å². The van der Waals surface area contributed by atoms with E-state index in [1.807, 2.05) is 46.2 Å². The molecule has 0 spiro atoms. The van der Waals surface area contributed by atoms with Crippen LogP contribution in [-0.4, -0.2) is 15.0 Å². The van der Waals surface area contributed by atoms with Gasteiger partial charge in [0.2, 0.25) is 0 Å². The largest absolute Gasteiger partial charge is 0.286 e. The Kier molecular flexibility index (Phi) is 14.3. The summed E-state index contributed by atoms with van der Waals surface area (Å²) in [5.41, 5.74) is 6.03. The van der Waals surface area contributed by atoms with Crippen LogP contribution in [0.15, 0.2) is 55.0 Å². The number of aryl methyl sites for hydroxylation is 2. The van der Waals surface area contributed by atoms with Crippen molar-refractivity contribution >= 4 is 0 Å². The van der Waals surface area contributed by atoms with Crippen LogP contribution in [0.4, 0.5) is 8.78 Å². The number of hydrogen-bond donors (Lipinski definition) is 0. The SMILES string of the molecule is C.C.CC(C)(C)c1ccc(C(C)(F)F)nc1.Cc1ccc(C(C)(C)C)cn1.Cc1ncccc1C(C)(C)C. The Morgan fingerprint density at radius 1 is 0.579 bits per heavy atom. The van der Waals surface area contributed by atoms with Crippen molar-refractivity contribution in [1.29, 1.82) is 0 Å². The van der Waals surface area contributed by atoms with E-state index in [0.717, 1.165) is 23.9 Å². The summed E-state index contributed by atoms with van der Waals surface area (Å²) in [7, 11) is 0. The Morgan fingerprint density at radius 2 is 1.05 bits per heavy atom. The van der Waals surface area contributed by atoms with Crippen LogP contribution in [0.5, 0.6) is 0 Å². The van der Waals surface area contributed by atoms with Gasteiger partial charge in [-0.05, 0) is 65.0 Å². The highest BCUT2D eigenvalue weighted by atomic mass is 19.3. The summed E-state index contributed by atoms with van der Waals surface area (Å²) in [6, 6.07) is 11.4. The van der Waals surface area contributed by atoms with Crippen LogP contribution in [0.3, 0.4) is 0 Å². The van der Waals surface area contributed by atoms with Gasteiger partial charge in [-0.1, -0.05) is 95.4 Å². The fourth-order valence-corrected chi connectivity index (χ4v) is 3.29. The van der Waals surface area contributed by atoms with Gasteiger partial charge in [0, 0.05) is 36.9 Å². The number of rotatable bonds is 1. The molecule has 0 amide bonds. The molecular weight excluding hydrogens is 476 g/mol. The van der Waals surface area contributed by atoms with Crippen molar-refractivity contribution in [2.24, 2.45) is 0 Å². The average molecular weight is 530 g/mol. The zero-order chi connectivity index (χ0) is 27.9. The van der Waals surface area contributed by atoms with Crippen molar-refractivity contribution < 1.29 is 8.78 Å². The van der Waals surface area contributed by atoms with Crippen LogP contribution >= 0.6 is 0 Å². The number of aromatic nitrogens is 3. The minimum atomic E-state index is -2.85. The topological polar surface area (TPSA) is 38.7 Å². The fraction of sp³-hybridized carbons (Fsp3) is 0.545. The molecule has 0 saturated heterocycles. The van der Waals surface area contributed by atoms with E-state index in [2.05, 4.69) is 81.6 Å². The predicted octanol–water partition coefficient (Wildman–Crippen LogP) is 10.1. The molecule has 3 nitrogen and oxygen atoms in total. The summed E-state index contributed by atoms with van der Waals surface area (Å²) in [6.45, 7) is 24.2. The first-order valence-corrected chi connectivity index (χ1v) is 12.4. The quantitative estimate of drug-likeness (QED) is 0.315. The van der Waals surface area contributed by atoms with E-state index >= 15 is 0 Å². The maximum absolute atomic E-state index is 12.8. The highest BCUT2D eigenvalue weighted by Crippen LogP contribution is 2.27. The smallest absolute Gasteiger partial charge is 0.261 e. The average Bonchev–Trinajstić information content (AvgIpc) is 2.73. The Bertz CT molecular complexity index is 1030. The molecule has 3 aromatic rings. The minimum absolute atomic E-state index is 0. The maximum Gasteiger partial charge on any atom is 0.286 e. The molecule has 0 bridgehead atoms. The molecule has 0 aliphatic heterocycles. The third-order valence-corrected chi connectivity index (χ3v) is 5.67. The summed E-state index contributed by atoms with van der Waals surface area (Å²) in [6.07, 6.45) is 5.31. The molecule has 3 aromatic heterocycles. The fourth-order valence-electron chi connectivity index (χ4n) is 3.29. The lowest BCUT2D eigenvalue weighted by Crippen LogP contribution is -2.14. The first kappa shape index (κ1) is 37.5. The molecule has 0 fully saturated rings. The third kappa shape index (κ3) is 12.7. The predicted molar refractivity (Wildman–Crippen MR) is 161 cm³/mol. The lowest BCUT2D eigenvalue weighted by atomic mass is 9.86. The van der Waals surface area contributed by atoms with Gasteiger partial charge < -0.3 is 0 Å². The van der Waals surface area contributed by atoms with Gasteiger partial charge >= 0.3 is 0 Å². The number of halogens is 2. The summed E-state index contributed by atoms with van der Waals surface area (Å²) < 4.78 is 25.6. The van der Waals surface area contributed by atoms with Gasteiger partial charge in [-0.3, -0.25) is 15.0 Å². The molecule has 0 aliphatic rings. The second-order valence-corrected chi connectivity index (χ2v) is 12.4. The zero-order valence-corrected chi connectivity index (χ0v) is 24.3. The van der Waals surface area contributed by atoms with E-state index in [1.54, 1.807) is 6.07 Å². The molecule has 5 heteroatoms. The molecule has 3 rings (SSSR count). The monoisotopic (exact) mass is 529 g/mol. The van der Waals surface area contributed by atoms with E-state index in [4.69, 9.17) is 0 Å². The minimum Gasteiger partial charge on any atom is -0.261 e.